The van der Waals surface area contributed by atoms with Gasteiger partial charge in [0, 0.05) is 0 Å². The van der Waals surface area contributed by atoms with Crippen LogP contribution in [-0.4, -0.2) is 0 Å². The quantitative estimate of drug-likeness (QED) is 0.708. The fourth-order valence-corrected chi connectivity index (χ4v) is 4.52. The van der Waals surface area contributed by atoms with Gasteiger partial charge < -0.3 is 0 Å². The number of hydrogen-bond acceptors (Lipinski definition) is 0. The third kappa shape index (κ3) is 3.09. The van der Waals surface area contributed by atoms with Crippen molar-refractivity contribution in [3.8, 4) is 0 Å². The van der Waals surface area contributed by atoms with Crippen molar-refractivity contribution in [3.05, 3.63) is 72.1 Å². The number of benzene rings is 2. The zero-order valence-electron chi connectivity index (χ0n) is 11.0. The molecule has 1 heteroatoms. The summed E-state index contributed by atoms with van der Waals surface area (Å²) in [5, 5.41) is 4.35. The molecule has 0 amide bonds. The predicted octanol–water partition coefficient (Wildman–Crippen LogP) is 4.43. The molecule has 2 aromatic carbocycles. The van der Waals surface area contributed by atoms with Crippen LogP contribution in [0.3, 0.4) is 0 Å². The van der Waals surface area contributed by atoms with E-state index in [1.165, 1.54) is 15.9 Å². The molecule has 92 valence electrons. The molecule has 0 aliphatic heterocycles. The molecule has 0 aromatic heterocycles. The summed E-state index contributed by atoms with van der Waals surface area (Å²) < 4.78 is 0. The molecular formula is C17H19P. The summed E-state index contributed by atoms with van der Waals surface area (Å²) in [7, 11) is -0.357. The molecule has 0 aliphatic carbocycles. The van der Waals surface area contributed by atoms with Gasteiger partial charge in [-0.15, -0.1) is 0 Å². The van der Waals surface area contributed by atoms with Gasteiger partial charge in [0.2, 0.25) is 0 Å². The first-order valence-electron chi connectivity index (χ1n) is 6.40. The average molecular weight is 254 g/mol. The van der Waals surface area contributed by atoms with E-state index in [2.05, 4.69) is 80.6 Å². The average Bonchev–Trinajstić information content (AvgIpc) is 2.42. The summed E-state index contributed by atoms with van der Waals surface area (Å²) in [6.45, 7) is 4.46. The molecule has 0 atom stereocenters. The second-order valence-electron chi connectivity index (χ2n) is 4.26. The van der Waals surface area contributed by atoms with Crippen LogP contribution < -0.4 is 10.6 Å². The summed E-state index contributed by atoms with van der Waals surface area (Å²) in [5.74, 6) is 0. The molecular weight excluding hydrogens is 235 g/mol. The predicted molar refractivity (Wildman–Crippen MR) is 83.1 cm³/mol. The smallest absolute Gasteiger partial charge is 0.0154 e. The van der Waals surface area contributed by atoms with Crippen LogP contribution in [0.5, 0.6) is 0 Å². The largest absolute Gasteiger partial charge is 0.0808 e. The minimum atomic E-state index is -0.357. The normalized spacial score (nSPS) is 11.8. The van der Waals surface area contributed by atoms with Gasteiger partial charge >= 0.3 is 0 Å². The standard InChI is InChI=1S/C17H19P/c1-3-10-15(2)18(16-11-6-4-7-12-16)17-13-8-5-9-14-17/h4-14H,3H2,1-2H3. The zero-order valence-corrected chi connectivity index (χ0v) is 11.9. The third-order valence-electron chi connectivity index (χ3n) is 2.88. The molecule has 2 rings (SSSR count). The van der Waals surface area contributed by atoms with Crippen LogP contribution >= 0.6 is 7.92 Å². The summed E-state index contributed by atoms with van der Waals surface area (Å²) >= 11 is 0. The first-order chi connectivity index (χ1) is 8.83. The van der Waals surface area contributed by atoms with Gasteiger partial charge in [-0.25, -0.2) is 0 Å². The van der Waals surface area contributed by atoms with E-state index >= 15 is 0 Å². The summed E-state index contributed by atoms with van der Waals surface area (Å²) in [6, 6.07) is 21.7. The molecule has 0 aliphatic rings. The van der Waals surface area contributed by atoms with Gasteiger partial charge in [0.25, 0.3) is 0 Å². The van der Waals surface area contributed by atoms with Crippen LogP contribution in [0.1, 0.15) is 20.3 Å². The van der Waals surface area contributed by atoms with Crippen molar-refractivity contribution in [2.45, 2.75) is 20.3 Å². The van der Waals surface area contributed by atoms with Gasteiger partial charge in [-0.2, -0.15) is 0 Å². The van der Waals surface area contributed by atoms with Crippen LogP contribution in [-0.2, 0) is 0 Å². The Hall–Kier alpha value is -1.39. The Labute approximate surface area is 111 Å². The summed E-state index contributed by atoms with van der Waals surface area (Å²) in [5.41, 5.74) is 0. The van der Waals surface area contributed by atoms with E-state index in [1.807, 2.05) is 0 Å². The second-order valence-corrected chi connectivity index (χ2v) is 6.67. The third-order valence-corrected chi connectivity index (χ3v) is 5.40. The van der Waals surface area contributed by atoms with Gasteiger partial charge in [-0.1, -0.05) is 73.7 Å². The van der Waals surface area contributed by atoms with E-state index in [4.69, 9.17) is 0 Å². The molecule has 0 nitrogen and oxygen atoms in total. The lowest BCUT2D eigenvalue weighted by Gasteiger charge is -2.19. The maximum Gasteiger partial charge on any atom is -0.0154 e. The van der Waals surface area contributed by atoms with Crippen molar-refractivity contribution in [1.29, 1.82) is 0 Å². The first kappa shape index (κ1) is 13.1. The van der Waals surface area contributed by atoms with Gasteiger partial charge in [0.15, 0.2) is 0 Å². The molecule has 2 aromatic rings. The van der Waals surface area contributed by atoms with Crippen LogP contribution in [0, 0.1) is 0 Å². The van der Waals surface area contributed by atoms with Gasteiger partial charge in [0.1, 0.15) is 0 Å². The second kappa shape index (κ2) is 6.52. The molecule has 0 N–H and O–H groups in total. The topological polar surface area (TPSA) is 0 Å². The molecule has 0 bridgehead atoms. The molecule has 18 heavy (non-hydrogen) atoms. The van der Waals surface area contributed by atoms with E-state index in [0.29, 0.717) is 0 Å². The summed E-state index contributed by atoms with van der Waals surface area (Å²) in [6.07, 6.45) is 3.45. The highest BCUT2D eigenvalue weighted by molar-refractivity contribution is 7.76. The molecule has 0 heterocycles. The Morgan fingerprint density at radius 1 is 0.889 bits per heavy atom. The lowest BCUT2D eigenvalue weighted by molar-refractivity contribution is 1.21. The highest BCUT2D eigenvalue weighted by atomic mass is 31.1. The Bertz CT molecular complexity index is 460. The van der Waals surface area contributed by atoms with Gasteiger partial charge in [0.05, 0.1) is 0 Å². The highest BCUT2D eigenvalue weighted by Gasteiger charge is 2.14. The molecule has 0 spiro atoms. The Morgan fingerprint density at radius 3 is 1.72 bits per heavy atom. The number of rotatable bonds is 4. The van der Waals surface area contributed by atoms with Crippen molar-refractivity contribution in [2.75, 3.05) is 0 Å². The summed E-state index contributed by atoms with van der Waals surface area (Å²) in [4.78, 5) is 0. The van der Waals surface area contributed by atoms with Crippen LogP contribution in [0.15, 0.2) is 72.1 Å². The van der Waals surface area contributed by atoms with Crippen LogP contribution in [0.25, 0.3) is 0 Å². The fourth-order valence-electron chi connectivity index (χ4n) is 2.10. The number of allylic oxidation sites excluding steroid dienone is 2. The first-order valence-corrected chi connectivity index (χ1v) is 7.74. The Morgan fingerprint density at radius 2 is 1.33 bits per heavy atom. The molecule has 0 saturated heterocycles. The fraction of sp³-hybridized carbons (Fsp3) is 0.176. The minimum Gasteiger partial charge on any atom is -0.0808 e. The van der Waals surface area contributed by atoms with Crippen molar-refractivity contribution in [2.24, 2.45) is 0 Å². The molecule has 0 fully saturated rings. The van der Waals surface area contributed by atoms with Crippen LogP contribution in [0.2, 0.25) is 0 Å². The maximum absolute atomic E-state index is 2.35. The van der Waals surface area contributed by atoms with Gasteiger partial charge in [-0.05, 0) is 37.2 Å². The molecule has 0 saturated carbocycles. The van der Waals surface area contributed by atoms with E-state index in [1.54, 1.807) is 0 Å². The van der Waals surface area contributed by atoms with E-state index in [0.717, 1.165) is 6.42 Å². The highest BCUT2D eigenvalue weighted by Crippen LogP contribution is 2.42. The molecule has 0 unspecified atom stereocenters. The zero-order chi connectivity index (χ0) is 12.8. The van der Waals surface area contributed by atoms with Crippen molar-refractivity contribution in [1.82, 2.24) is 0 Å². The lowest BCUT2D eigenvalue weighted by Crippen LogP contribution is -2.11. The van der Waals surface area contributed by atoms with Crippen molar-refractivity contribution >= 4 is 18.5 Å². The van der Waals surface area contributed by atoms with E-state index < -0.39 is 0 Å². The SMILES string of the molecule is CCC=C(C)P(c1ccccc1)c1ccccc1. The van der Waals surface area contributed by atoms with E-state index in [9.17, 15) is 0 Å². The minimum absolute atomic E-state index is 0.357. The van der Waals surface area contributed by atoms with Crippen molar-refractivity contribution < 1.29 is 0 Å². The molecule has 0 radical (unpaired) electrons. The monoisotopic (exact) mass is 254 g/mol. The lowest BCUT2D eigenvalue weighted by atomic mass is 10.4. The van der Waals surface area contributed by atoms with Crippen LogP contribution in [0.4, 0.5) is 0 Å². The van der Waals surface area contributed by atoms with Gasteiger partial charge in [-0.3, -0.25) is 0 Å². The Kier molecular flexibility index (Phi) is 4.73. The Balaban J connectivity index is 2.45. The maximum atomic E-state index is 2.35. The number of hydrogen-bond donors (Lipinski definition) is 0. The van der Waals surface area contributed by atoms with E-state index in [-0.39, 0.29) is 7.92 Å². The van der Waals surface area contributed by atoms with Crippen molar-refractivity contribution in [3.63, 3.8) is 0 Å².